The number of anilines is 2. The van der Waals surface area contributed by atoms with Crippen LogP contribution in [0.15, 0.2) is 88.3 Å². The molecule has 0 bridgehead atoms. The molecule has 184 valence electrons. The molecule has 3 aromatic carbocycles. The summed E-state index contributed by atoms with van der Waals surface area (Å²) in [7, 11) is 0. The molecule has 0 aliphatic carbocycles. The smallest absolute Gasteiger partial charge is 0.338 e. The van der Waals surface area contributed by atoms with Crippen LogP contribution < -0.4 is 10.2 Å². The monoisotopic (exact) mass is 524 g/mol. The number of hydrogen-bond acceptors (Lipinski definition) is 6. The van der Waals surface area contributed by atoms with Gasteiger partial charge >= 0.3 is 5.97 Å². The van der Waals surface area contributed by atoms with Crippen LogP contribution in [-0.4, -0.2) is 24.4 Å². The standard InChI is InChI=1S/C27H22ClFN2O4S/c1-2-3-16-35-27(34)17-8-12-19(13-9-17)31-25(32)23(30-22-7-5-4-6-21(22)29)24(26(31)33)36-20-14-10-18(28)11-15-20/h4-15,30H,2-3,16H2,1H3. The van der Waals surface area contributed by atoms with Gasteiger partial charge in [-0.15, -0.1) is 0 Å². The van der Waals surface area contributed by atoms with Crippen LogP contribution in [0.2, 0.25) is 5.02 Å². The van der Waals surface area contributed by atoms with E-state index in [9.17, 15) is 18.8 Å². The highest BCUT2D eigenvalue weighted by Crippen LogP contribution is 2.38. The van der Waals surface area contributed by atoms with Gasteiger partial charge in [0.2, 0.25) is 0 Å². The number of thioether (sulfide) groups is 1. The molecule has 0 saturated heterocycles. The van der Waals surface area contributed by atoms with Gasteiger partial charge in [-0.3, -0.25) is 9.59 Å². The summed E-state index contributed by atoms with van der Waals surface area (Å²) in [5.41, 5.74) is 0.597. The van der Waals surface area contributed by atoms with E-state index < -0.39 is 23.6 Å². The minimum atomic E-state index is -0.641. The molecule has 0 fully saturated rings. The Morgan fingerprint density at radius 1 is 1.00 bits per heavy atom. The number of nitrogens with zero attached hydrogens (tertiary/aromatic N) is 1. The van der Waals surface area contributed by atoms with Gasteiger partial charge in [0.25, 0.3) is 11.8 Å². The van der Waals surface area contributed by atoms with Crippen molar-refractivity contribution >= 4 is 52.5 Å². The lowest BCUT2D eigenvalue weighted by atomic mass is 10.2. The third kappa shape index (κ3) is 5.61. The van der Waals surface area contributed by atoms with E-state index in [1.165, 1.54) is 42.5 Å². The second-order valence-corrected chi connectivity index (χ2v) is 9.37. The molecule has 1 aliphatic rings. The van der Waals surface area contributed by atoms with Gasteiger partial charge in [0.1, 0.15) is 16.4 Å². The number of ether oxygens (including phenoxy) is 1. The van der Waals surface area contributed by atoms with E-state index >= 15 is 0 Å². The van der Waals surface area contributed by atoms with Gasteiger partial charge in [-0.05, 0) is 67.1 Å². The second-order valence-electron chi connectivity index (χ2n) is 7.85. The van der Waals surface area contributed by atoms with Crippen LogP contribution in [-0.2, 0) is 14.3 Å². The number of para-hydroxylation sites is 1. The molecular formula is C27H22ClFN2O4S. The number of nitrogens with one attached hydrogen (secondary N) is 1. The normalized spacial score (nSPS) is 13.4. The number of benzene rings is 3. The maximum atomic E-state index is 14.4. The van der Waals surface area contributed by atoms with Crippen molar-refractivity contribution in [1.82, 2.24) is 0 Å². The van der Waals surface area contributed by atoms with Crippen molar-refractivity contribution < 1.29 is 23.5 Å². The topological polar surface area (TPSA) is 75.7 Å². The molecule has 9 heteroatoms. The zero-order chi connectivity index (χ0) is 25.7. The number of halogens is 2. The van der Waals surface area contributed by atoms with Crippen molar-refractivity contribution in [2.75, 3.05) is 16.8 Å². The lowest BCUT2D eigenvalue weighted by Gasteiger charge is -2.16. The van der Waals surface area contributed by atoms with Crippen LogP contribution in [0, 0.1) is 5.82 Å². The number of hydrogen-bond donors (Lipinski definition) is 1. The molecule has 1 aliphatic heterocycles. The third-order valence-corrected chi connectivity index (χ3v) is 6.64. The largest absolute Gasteiger partial charge is 0.462 e. The first-order chi connectivity index (χ1) is 17.4. The second kappa shape index (κ2) is 11.4. The van der Waals surface area contributed by atoms with Crippen molar-refractivity contribution in [2.24, 2.45) is 0 Å². The van der Waals surface area contributed by atoms with Crippen LogP contribution in [0.4, 0.5) is 15.8 Å². The Bertz CT molecular complexity index is 1330. The number of rotatable bonds is 9. The van der Waals surface area contributed by atoms with Crippen LogP contribution in [0.1, 0.15) is 30.1 Å². The molecule has 4 rings (SSSR count). The summed E-state index contributed by atoms with van der Waals surface area (Å²) in [5.74, 6) is -2.26. The average molecular weight is 525 g/mol. The van der Waals surface area contributed by atoms with E-state index in [1.807, 2.05) is 6.92 Å². The van der Waals surface area contributed by atoms with E-state index in [-0.39, 0.29) is 22.0 Å². The van der Waals surface area contributed by atoms with Crippen LogP contribution in [0.25, 0.3) is 0 Å². The molecular weight excluding hydrogens is 503 g/mol. The number of esters is 1. The Morgan fingerprint density at radius 3 is 2.36 bits per heavy atom. The SMILES string of the molecule is CCCCOC(=O)c1ccc(N2C(=O)C(Nc3ccccc3F)=C(Sc3ccc(Cl)cc3)C2=O)cc1. The fourth-order valence-electron chi connectivity index (χ4n) is 3.41. The summed E-state index contributed by atoms with van der Waals surface area (Å²) in [6.07, 6.45) is 1.66. The lowest BCUT2D eigenvalue weighted by Crippen LogP contribution is -2.32. The van der Waals surface area contributed by atoms with Gasteiger partial charge in [0.05, 0.1) is 23.5 Å². The number of imide groups is 1. The highest BCUT2D eigenvalue weighted by Gasteiger charge is 2.40. The predicted octanol–water partition coefficient (Wildman–Crippen LogP) is 6.43. The van der Waals surface area contributed by atoms with Crippen LogP contribution in [0.5, 0.6) is 0 Å². The van der Waals surface area contributed by atoms with Crippen molar-refractivity contribution in [1.29, 1.82) is 0 Å². The zero-order valence-corrected chi connectivity index (χ0v) is 20.9. The number of unbranched alkanes of at least 4 members (excludes halogenated alkanes) is 1. The van der Waals surface area contributed by atoms with Gasteiger partial charge < -0.3 is 10.1 Å². The van der Waals surface area contributed by atoms with Gasteiger partial charge in [0.15, 0.2) is 0 Å². The highest BCUT2D eigenvalue weighted by molar-refractivity contribution is 8.04. The maximum absolute atomic E-state index is 14.4. The predicted molar refractivity (Wildman–Crippen MR) is 138 cm³/mol. The van der Waals surface area contributed by atoms with Crippen molar-refractivity contribution in [2.45, 2.75) is 24.7 Å². The first-order valence-corrected chi connectivity index (χ1v) is 12.4. The number of carbonyl (C=O) groups excluding carboxylic acids is 3. The van der Waals surface area contributed by atoms with Crippen LogP contribution in [0.3, 0.4) is 0 Å². The Morgan fingerprint density at radius 2 is 1.69 bits per heavy atom. The van der Waals surface area contributed by atoms with E-state index in [2.05, 4.69) is 5.32 Å². The van der Waals surface area contributed by atoms with Gasteiger partial charge in [-0.2, -0.15) is 0 Å². The van der Waals surface area contributed by atoms with E-state index in [0.29, 0.717) is 22.1 Å². The van der Waals surface area contributed by atoms with Crippen molar-refractivity contribution in [3.63, 3.8) is 0 Å². The Labute approximate surface area is 217 Å². The Kier molecular flexibility index (Phi) is 8.07. The molecule has 6 nitrogen and oxygen atoms in total. The molecule has 0 unspecified atom stereocenters. The number of carbonyl (C=O) groups is 3. The summed E-state index contributed by atoms with van der Waals surface area (Å²) < 4.78 is 19.6. The van der Waals surface area contributed by atoms with E-state index in [0.717, 1.165) is 29.5 Å². The first-order valence-electron chi connectivity index (χ1n) is 11.2. The fourth-order valence-corrected chi connectivity index (χ4v) is 4.46. The van der Waals surface area contributed by atoms with E-state index in [4.69, 9.17) is 16.3 Å². The minimum Gasteiger partial charge on any atom is -0.462 e. The lowest BCUT2D eigenvalue weighted by molar-refractivity contribution is -0.120. The maximum Gasteiger partial charge on any atom is 0.338 e. The molecule has 1 N–H and O–H groups in total. The summed E-state index contributed by atoms with van der Waals surface area (Å²) >= 11 is 7.04. The molecule has 0 radical (unpaired) electrons. The summed E-state index contributed by atoms with van der Waals surface area (Å²) in [6, 6.07) is 18.7. The minimum absolute atomic E-state index is 0.0481. The molecule has 1 heterocycles. The molecule has 0 saturated carbocycles. The quantitative estimate of drug-likeness (QED) is 0.198. The Hall–Kier alpha value is -3.62. The molecule has 0 aromatic heterocycles. The molecule has 0 spiro atoms. The summed E-state index contributed by atoms with van der Waals surface area (Å²) in [4.78, 5) is 40.8. The molecule has 0 atom stereocenters. The third-order valence-electron chi connectivity index (χ3n) is 5.30. The molecule has 2 amide bonds. The first kappa shape index (κ1) is 25.5. The van der Waals surface area contributed by atoms with Gasteiger partial charge in [0, 0.05) is 9.92 Å². The average Bonchev–Trinajstić information content (AvgIpc) is 3.10. The van der Waals surface area contributed by atoms with Gasteiger partial charge in [-0.1, -0.05) is 48.8 Å². The highest BCUT2D eigenvalue weighted by atomic mass is 35.5. The molecule has 36 heavy (non-hydrogen) atoms. The number of amides is 2. The summed E-state index contributed by atoms with van der Waals surface area (Å²) in [5, 5.41) is 3.33. The molecule has 3 aromatic rings. The van der Waals surface area contributed by atoms with Gasteiger partial charge in [-0.25, -0.2) is 14.1 Å². The fraction of sp³-hybridized carbons (Fsp3) is 0.148. The Balaban J connectivity index is 1.63. The summed E-state index contributed by atoms with van der Waals surface area (Å²) in [6.45, 7) is 2.32. The van der Waals surface area contributed by atoms with Crippen LogP contribution >= 0.6 is 23.4 Å². The van der Waals surface area contributed by atoms with E-state index in [1.54, 1.807) is 30.3 Å². The van der Waals surface area contributed by atoms with Crippen molar-refractivity contribution in [3.8, 4) is 0 Å². The van der Waals surface area contributed by atoms with Crippen molar-refractivity contribution in [3.05, 3.63) is 99.8 Å². The zero-order valence-electron chi connectivity index (χ0n) is 19.3.